The minimum atomic E-state index is 0.515. The maximum Gasteiger partial charge on any atom is 0.299 e. The summed E-state index contributed by atoms with van der Waals surface area (Å²) in [7, 11) is 0. The summed E-state index contributed by atoms with van der Waals surface area (Å²) in [5.74, 6) is 0.766. The molecule has 1 radical (unpaired) electrons. The second-order valence-corrected chi connectivity index (χ2v) is 2.81. The fourth-order valence-corrected chi connectivity index (χ4v) is 1.15. The summed E-state index contributed by atoms with van der Waals surface area (Å²) < 4.78 is 5.33. The smallest absolute Gasteiger partial charge is 0.299 e. The Morgan fingerprint density at radius 3 is 2.75 bits per heavy atom. The van der Waals surface area contributed by atoms with Gasteiger partial charge in [0.15, 0.2) is 5.51 Å². The zero-order valence-corrected chi connectivity index (χ0v) is 6.91. The molecule has 0 N–H and O–H groups in total. The second kappa shape index (κ2) is 3.32. The van der Waals surface area contributed by atoms with Crippen LogP contribution in [0.15, 0.2) is 30.3 Å². The third-order valence-corrected chi connectivity index (χ3v) is 1.77. The average Bonchev–Trinajstić information content (AvgIpc) is 2.59. The first-order valence-electron chi connectivity index (χ1n) is 3.37. The molecule has 0 aliphatic carbocycles. The molecule has 2 rings (SSSR count). The van der Waals surface area contributed by atoms with Crippen LogP contribution in [0.5, 0.6) is 10.9 Å². The Hall–Kier alpha value is -1.42. The summed E-state index contributed by atoms with van der Waals surface area (Å²) in [5.41, 5.74) is 2.61. The van der Waals surface area contributed by atoms with Crippen molar-refractivity contribution in [3.05, 3.63) is 35.8 Å². The molecule has 2 aromatic rings. The van der Waals surface area contributed by atoms with Crippen molar-refractivity contribution in [3.63, 3.8) is 0 Å². The van der Waals surface area contributed by atoms with Crippen LogP contribution in [0.1, 0.15) is 0 Å². The number of para-hydroxylation sites is 1. The first-order chi connectivity index (χ1) is 5.95. The summed E-state index contributed by atoms with van der Waals surface area (Å²) in [6, 6.07) is 9.46. The van der Waals surface area contributed by atoms with Crippen LogP contribution in [0.2, 0.25) is 0 Å². The molecule has 0 atom stereocenters. The van der Waals surface area contributed by atoms with Crippen LogP contribution in [0.25, 0.3) is 0 Å². The normalized spacial score (nSPS) is 9.67. The fraction of sp³-hybridized carbons (Fsp3) is 0. The minimum Gasteiger partial charge on any atom is -0.430 e. The predicted octanol–water partition coefficient (Wildman–Crippen LogP) is 2.13. The van der Waals surface area contributed by atoms with Crippen molar-refractivity contribution in [1.82, 2.24) is 10.2 Å². The summed E-state index contributed by atoms with van der Waals surface area (Å²) in [6.07, 6.45) is 0. The molecule has 59 valence electrons. The molecule has 0 bridgehead atoms. The molecule has 0 fully saturated rings. The standard InChI is InChI=1S/C8H5N2OS/c1-2-4-7(5-3-1)11-8-10-9-6-12-8/h1-5H. The van der Waals surface area contributed by atoms with Gasteiger partial charge in [0.2, 0.25) is 0 Å². The van der Waals surface area contributed by atoms with Gasteiger partial charge in [0.25, 0.3) is 5.19 Å². The summed E-state index contributed by atoms with van der Waals surface area (Å²) >= 11 is 1.25. The van der Waals surface area contributed by atoms with Gasteiger partial charge in [-0.3, -0.25) is 0 Å². The van der Waals surface area contributed by atoms with Crippen molar-refractivity contribution in [1.29, 1.82) is 0 Å². The molecule has 0 aliphatic rings. The van der Waals surface area contributed by atoms with Crippen LogP contribution >= 0.6 is 11.3 Å². The number of nitrogens with zero attached hydrogens (tertiary/aromatic N) is 2. The van der Waals surface area contributed by atoms with Gasteiger partial charge in [0.05, 0.1) is 0 Å². The molecular weight excluding hydrogens is 172 g/mol. The molecule has 0 unspecified atom stereocenters. The van der Waals surface area contributed by atoms with E-state index >= 15 is 0 Å². The molecule has 12 heavy (non-hydrogen) atoms. The van der Waals surface area contributed by atoms with Crippen molar-refractivity contribution in [2.45, 2.75) is 0 Å². The maximum atomic E-state index is 5.33. The van der Waals surface area contributed by atoms with E-state index in [0.717, 1.165) is 5.75 Å². The number of hydrogen-bond acceptors (Lipinski definition) is 4. The first-order valence-corrected chi connectivity index (χ1v) is 4.19. The minimum absolute atomic E-state index is 0.515. The largest absolute Gasteiger partial charge is 0.430 e. The Morgan fingerprint density at radius 2 is 2.08 bits per heavy atom. The van der Waals surface area contributed by atoms with Gasteiger partial charge in [-0.05, 0) is 12.1 Å². The van der Waals surface area contributed by atoms with E-state index < -0.39 is 0 Å². The highest BCUT2D eigenvalue weighted by Crippen LogP contribution is 2.20. The number of ether oxygens (including phenoxy) is 1. The van der Waals surface area contributed by atoms with E-state index in [1.54, 1.807) is 0 Å². The fourth-order valence-electron chi connectivity index (χ4n) is 0.772. The number of aromatic nitrogens is 2. The van der Waals surface area contributed by atoms with Gasteiger partial charge in [-0.1, -0.05) is 34.6 Å². The highest BCUT2D eigenvalue weighted by molar-refractivity contribution is 7.10. The van der Waals surface area contributed by atoms with Gasteiger partial charge >= 0.3 is 0 Å². The molecular formula is C8H5N2OS. The monoisotopic (exact) mass is 177 g/mol. The van der Waals surface area contributed by atoms with Crippen molar-refractivity contribution < 1.29 is 4.74 Å². The topological polar surface area (TPSA) is 35.0 Å². The van der Waals surface area contributed by atoms with Crippen molar-refractivity contribution in [2.24, 2.45) is 0 Å². The number of benzene rings is 1. The summed E-state index contributed by atoms with van der Waals surface area (Å²) in [4.78, 5) is 0. The van der Waals surface area contributed by atoms with Crippen molar-refractivity contribution >= 4 is 11.3 Å². The number of hydrogen-bond donors (Lipinski definition) is 0. The third-order valence-electron chi connectivity index (χ3n) is 1.25. The Bertz CT molecular complexity index is 333. The van der Waals surface area contributed by atoms with Crippen LogP contribution in [0.4, 0.5) is 0 Å². The van der Waals surface area contributed by atoms with Crippen molar-refractivity contribution in [3.8, 4) is 10.9 Å². The SMILES string of the molecule is [c]1nnc(Oc2ccccc2)s1. The van der Waals surface area contributed by atoms with Gasteiger partial charge in [-0.25, -0.2) is 0 Å². The average molecular weight is 177 g/mol. The van der Waals surface area contributed by atoms with Crippen LogP contribution in [0.3, 0.4) is 0 Å². The van der Waals surface area contributed by atoms with Crippen molar-refractivity contribution in [2.75, 3.05) is 0 Å². The van der Waals surface area contributed by atoms with Crippen LogP contribution in [0, 0.1) is 5.51 Å². The summed E-state index contributed by atoms with van der Waals surface area (Å²) in [5, 5.41) is 7.75. The highest BCUT2D eigenvalue weighted by Gasteiger charge is 1.97. The lowest BCUT2D eigenvalue weighted by molar-refractivity contribution is 0.473. The second-order valence-electron chi connectivity index (χ2n) is 2.07. The zero-order valence-electron chi connectivity index (χ0n) is 6.10. The predicted molar refractivity (Wildman–Crippen MR) is 45.3 cm³/mol. The van der Waals surface area contributed by atoms with Gasteiger partial charge in [-0.15, -0.1) is 5.10 Å². The van der Waals surface area contributed by atoms with E-state index in [1.807, 2.05) is 30.3 Å². The van der Waals surface area contributed by atoms with Gasteiger partial charge < -0.3 is 4.74 Å². The van der Waals surface area contributed by atoms with E-state index in [1.165, 1.54) is 11.3 Å². The molecule has 0 aliphatic heterocycles. The Kier molecular flexibility index (Phi) is 2.00. The highest BCUT2D eigenvalue weighted by atomic mass is 32.1. The third kappa shape index (κ3) is 1.60. The zero-order chi connectivity index (χ0) is 8.23. The van der Waals surface area contributed by atoms with E-state index in [2.05, 4.69) is 15.7 Å². The molecule has 4 heteroatoms. The molecule has 0 spiro atoms. The van der Waals surface area contributed by atoms with Crippen LogP contribution in [-0.2, 0) is 0 Å². The van der Waals surface area contributed by atoms with Crippen LogP contribution in [-0.4, -0.2) is 10.2 Å². The van der Waals surface area contributed by atoms with E-state index in [0.29, 0.717) is 5.19 Å². The van der Waals surface area contributed by atoms with Gasteiger partial charge in [-0.2, -0.15) is 0 Å². The lowest BCUT2D eigenvalue weighted by atomic mass is 10.3. The summed E-state index contributed by atoms with van der Waals surface area (Å²) in [6.45, 7) is 0. The van der Waals surface area contributed by atoms with E-state index in [4.69, 9.17) is 4.74 Å². The van der Waals surface area contributed by atoms with E-state index in [-0.39, 0.29) is 0 Å². The van der Waals surface area contributed by atoms with Crippen LogP contribution < -0.4 is 4.74 Å². The number of rotatable bonds is 2. The Labute approximate surface area is 73.7 Å². The lowest BCUT2D eigenvalue weighted by Crippen LogP contribution is -1.81. The molecule has 0 saturated heterocycles. The lowest BCUT2D eigenvalue weighted by Gasteiger charge is -1.97. The molecule has 1 heterocycles. The molecule has 0 amide bonds. The molecule has 1 aromatic carbocycles. The molecule has 3 nitrogen and oxygen atoms in total. The molecule has 0 saturated carbocycles. The van der Waals surface area contributed by atoms with Gasteiger partial charge in [0, 0.05) is 0 Å². The first kappa shape index (κ1) is 7.24. The Balaban J connectivity index is 2.15. The Morgan fingerprint density at radius 1 is 1.25 bits per heavy atom. The van der Waals surface area contributed by atoms with E-state index in [9.17, 15) is 0 Å². The van der Waals surface area contributed by atoms with Gasteiger partial charge in [0.1, 0.15) is 5.75 Å². The molecule has 1 aromatic heterocycles. The quantitative estimate of drug-likeness (QED) is 0.704. The maximum absolute atomic E-state index is 5.33.